The highest BCUT2D eigenvalue weighted by Crippen LogP contribution is 2.51. The van der Waals surface area contributed by atoms with Gasteiger partial charge in [-0.2, -0.15) is 0 Å². The van der Waals surface area contributed by atoms with E-state index in [1.807, 2.05) is 0 Å². The van der Waals surface area contributed by atoms with Gasteiger partial charge in [-0.3, -0.25) is 0 Å². The van der Waals surface area contributed by atoms with E-state index in [1.165, 1.54) is 0 Å². The Morgan fingerprint density at radius 1 is 0.700 bits per heavy atom. The SMILES string of the molecule is CCOc1c(OCC)c(OC(=O)OC(C)C)c2ccccc2c1OC(=O)OC(C)C. The van der Waals surface area contributed by atoms with E-state index in [2.05, 4.69) is 0 Å². The zero-order valence-electron chi connectivity index (χ0n) is 18.1. The first-order valence-corrected chi connectivity index (χ1v) is 9.89. The van der Waals surface area contributed by atoms with Gasteiger partial charge in [0.25, 0.3) is 0 Å². The lowest BCUT2D eigenvalue weighted by Crippen LogP contribution is -2.18. The number of carbonyl (C=O) groups excluding carboxylic acids is 2. The molecule has 0 aliphatic heterocycles. The molecule has 0 heterocycles. The van der Waals surface area contributed by atoms with Crippen LogP contribution in [0.3, 0.4) is 0 Å². The first-order valence-electron chi connectivity index (χ1n) is 9.89. The lowest BCUT2D eigenvalue weighted by molar-refractivity contribution is 0.0693. The van der Waals surface area contributed by atoms with Crippen molar-refractivity contribution < 1.29 is 38.0 Å². The maximum Gasteiger partial charge on any atom is 0.514 e. The highest BCUT2D eigenvalue weighted by molar-refractivity contribution is 6.00. The second-order valence-corrected chi connectivity index (χ2v) is 6.77. The molecule has 30 heavy (non-hydrogen) atoms. The van der Waals surface area contributed by atoms with Crippen LogP contribution in [0.4, 0.5) is 9.59 Å². The maximum absolute atomic E-state index is 12.2. The second kappa shape index (κ2) is 10.6. The molecule has 8 nitrogen and oxygen atoms in total. The number of hydrogen-bond donors (Lipinski definition) is 0. The highest BCUT2D eigenvalue weighted by Gasteiger charge is 2.28. The van der Waals surface area contributed by atoms with Crippen molar-refractivity contribution in [3.8, 4) is 23.0 Å². The number of carbonyl (C=O) groups is 2. The van der Waals surface area contributed by atoms with Crippen LogP contribution in [0, 0.1) is 0 Å². The van der Waals surface area contributed by atoms with Crippen molar-refractivity contribution in [1.82, 2.24) is 0 Å². The van der Waals surface area contributed by atoms with Gasteiger partial charge in [0.05, 0.1) is 25.4 Å². The van der Waals surface area contributed by atoms with E-state index in [9.17, 15) is 9.59 Å². The molecule has 0 aromatic heterocycles. The molecule has 0 saturated heterocycles. The van der Waals surface area contributed by atoms with Gasteiger partial charge < -0.3 is 28.4 Å². The fourth-order valence-electron chi connectivity index (χ4n) is 2.68. The van der Waals surface area contributed by atoms with E-state index in [0.29, 0.717) is 10.8 Å². The molecule has 2 rings (SSSR count). The summed E-state index contributed by atoms with van der Waals surface area (Å²) < 4.78 is 32.7. The summed E-state index contributed by atoms with van der Waals surface area (Å²) in [5.74, 6) is 0.495. The number of rotatable bonds is 8. The van der Waals surface area contributed by atoms with Gasteiger partial charge >= 0.3 is 12.3 Å². The standard InChI is InChI=1S/C22H28O8/c1-7-25-19-17(29-21(23)27-13(3)4)15-11-9-10-12-16(15)18(20(19)26-8-2)30-22(24)28-14(5)6/h9-14H,7-8H2,1-6H3. The molecule has 0 saturated carbocycles. The summed E-state index contributed by atoms with van der Waals surface area (Å²) in [6.07, 6.45) is -2.49. The first-order chi connectivity index (χ1) is 14.3. The van der Waals surface area contributed by atoms with Crippen molar-refractivity contribution in [3.05, 3.63) is 24.3 Å². The normalized spacial score (nSPS) is 10.8. The summed E-state index contributed by atoms with van der Waals surface area (Å²) in [6, 6.07) is 6.95. The first kappa shape index (κ1) is 23.1. The van der Waals surface area contributed by atoms with Crippen molar-refractivity contribution in [2.75, 3.05) is 13.2 Å². The zero-order chi connectivity index (χ0) is 22.3. The minimum atomic E-state index is -0.883. The summed E-state index contributed by atoms with van der Waals surface area (Å²) in [7, 11) is 0. The van der Waals surface area contributed by atoms with E-state index in [-0.39, 0.29) is 48.4 Å². The number of fused-ring (bicyclic) bond motifs is 1. The Balaban J connectivity index is 2.70. The zero-order valence-corrected chi connectivity index (χ0v) is 18.1. The smallest absolute Gasteiger partial charge is 0.487 e. The Bertz CT molecular complexity index is 816. The van der Waals surface area contributed by atoms with E-state index in [4.69, 9.17) is 28.4 Å². The van der Waals surface area contributed by atoms with Crippen molar-refractivity contribution in [2.24, 2.45) is 0 Å². The minimum Gasteiger partial charge on any atom is -0.487 e. The van der Waals surface area contributed by atoms with E-state index in [1.54, 1.807) is 65.8 Å². The average molecular weight is 420 g/mol. The third-order valence-electron chi connectivity index (χ3n) is 3.65. The number of benzene rings is 2. The van der Waals surface area contributed by atoms with Gasteiger partial charge in [0.15, 0.2) is 11.5 Å². The molecular weight excluding hydrogens is 392 g/mol. The van der Waals surface area contributed by atoms with Crippen LogP contribution in [0.25, 0.3) is 10.8 Å². The van der Waals surface area contributed by atoms with Gasteiger partial charge in [0, 0.05) is 10.8 Å². The summed E-state index contributed by atoms with van der Waals surface area (Å²) in [5.41, 5.74) is 0. The molecule has 0 atom stereocenters. The minimum absolute atomic E-state index is 0.117. The topological polar surface area (TPSA) is 89.5 Å². The molecule has 2 aromatic rings. The summed E-state index contributed by atoms with van der Waals surface area (Å²) in [5, 5.41) is 0.968. The molecule has 0 aliphatic carbocycles. The Morgan fingerprint density at radius 2 is 1.07 bits per heavy atom. The monoisotopic (exact) mass is 420 g/mol. The van der Waals surface area contributed by atoms with Gasteiger partial charge in [0.1, 0.15) is 0 Å². The molecule has 0 bridgehead atoms. The predicted molar refractivity (Wildman–Crippen MR) is 111 cm³/mol. The van der Waals surface area contributed by atoms with Gasteiger partial charge in [-0.05, 0) is 41.5 Å². The van der Waals surface area contributed by atoms with Crippen LogP contribution in [0.2, 0.25) is 0 Å². The highest BCUT2D eigenvalue weighted by atomic mass is 16.7. The summed E-state index contributed by atoms with van der Waals surface area (Å²) >= 11 is 0. The molecule has 8 heteroatoms. The molecule has 0 spiro atoms. The Hall–Kier alpha value is -3.16. The van der Waals surface area contributed by atoms with E-state index in [0.717, 1.165) is 0 Å². The lowest BCUT2D eigenvalue weighted by Gasteiger charge is -2.21. The Labute approximate surface area is 175 Å². The molecule has 2 aromatic carbocycles. The lowest BCUT2D eigenvalue weighted by atomic mass is 10.1. The number of hydrogen-bond acceptors (Lipinski definition) is 8. The fourth-order valence-corrected chi connectivity index (χ4v) is 2.68. The molecular formula is C22H28O8. The van der Waals surface area contributed by atoms with Crippen molar-refractivity contribution in [2.45, 2.75) is 53.8 Å². The van der Waals surface area contributed by atoms with E-state index >= 15 is 0 Å². The third-order valence-corrected chi connectivity index (χ3v) is 3.65. The van der Waals surface area contributed by atoms with Crippen LogP contribution in [-0.4, -0.2) is 37.7 Å². The van der Waals surface area contributed by atoms with Gasteiger partial charge in [-0.1, -0.05) is 24.3 Å². The van der Waals surface area contributed by atoms with Crippen molar-refractivity contribution in [3.63, 3.8) is 0 Å². The Morgan fingerprint density at radius 3 is 1.37 bits per heavy atom. The second-order valence-electron chi connectivity index (χ2n) is 6.77. The average Bonchev–Trinajstić information content (AvgIpc) is 2.66. The third kappa shape index (κ3) is 5.68. The van der Waals surface area contributed by atoms with Crippen LogP contribution < -0.4 is 18.9 Å². The molecule has 0 aliphatic rings. The van der Waals surface area contributed by atoms with E-state index < -0.39 is 12.3 Å². The maximum atomic E-state index is 12.2. The van der Waals surface area contributed by atoms with Crippen molar-refractivity contribution in [1.29, 1.82) is 0 Å². The molecule has 0 unspecified atom stereocenters. The largest absolute Gasteiger partial charge is 0.514 e. The Kier molecular flexibility index (Phi) is 8.15. The van der Waals surface area contributed by atoms with Crippen LogP contribution >= 0.6 is 0 Å². The van der Waals surface area contributed by atoms with Crippen LogP contribution in [-0.2, 0) is 9.47 Å². The number of ether oxygens (including phenoxy) is 6. The summed E-state index contributed by atoms with van der Waals surface area (Å²) in [6.45, 7) is 10.9. The molecule has 0 amide bonds. The van der Waals surface area contributed by atoms with Gasteiger partial charge in [-0.15, -0.1) is 0 Å². The molecule has 0 fully saturated rings. The van der Waals surface area contributed by atoms with Crippen LogP contribution in [0.15, 0.2) is 24.3 Å². The quantitative estimate of drug-likeness (QED) is 0.409. The predicted octanol–water partition coefficient (Wildman–Crippen LogP) is 5.48. The fraction of sp³-hybridized carbons (Fsp3) is 0.455. The van der Waals surface area contributed by atoms with Gasteiger partial charge in [-0.25, -0.2) is 9.59 Å². The molecule has 0 radical (unpaired) electrons. The van der Waals surface area contributed by atoms with Crippen LogP contribution in [0.1, 0.15) is 41.5 Å². The molecule has 0 N–H and O–H groups in total. The van der Waals surface area contributed by atoms with Crippen LogP contribution in [0.5, 0.6) is 23.0 Å². The summed E-state index contributed by atoms with van der Waals surface area (Å²) in [4.78, 5) is 24.5. The van der Waals surface area contributed by atoms with Crippen molar-refractivity contribution >= 4 is 23.1 Å². The van der Waals surface area contributed by atoms with Gasteiger partial charge in [0.2, 0.25) is 11.5 Å². The molecule has 164 valence electrons.